The number of hydrogen-bond acceptors (Lipinski definition) is 1. The minimum absolute atomic E-state index is 0.723. The fraction of sp³-hybridized carbons (Fsp3) is 0.176. The largest absolute Gasteiger partial charge is 0.379 e. The van der Waals surface area contributed by atoms with E-state index in [1.54, 1.807) is 0 Å². The number of nitrogens with one attached hydrogen (secondary N) is 1. The van der Waals surface area contributed by atoms with Crippen molar-refractivity contribution < 1.29 is 0 Å². The molecule has 0 saturated heterocycles. The van der Waals surface area contributed by atoms with Gasteiger partial charge in [-0.3, -0.25) is 0 Å². The molecule has 1 aromatic heterocycles. The normalized spacial score (nSPS) is 11.0. The first-order valence-electron chi connectivity index (χ1n) is 6.79. The van der Waals surface area contributed by atoms with Crippen molar-refractivity contribution in [1.82, 2.24) is 4.57 Å². The van der Waals surface area contributed by atoms with Gasteiger partial charge in [-0.05, 0) is 52.7 Å². The molecule has 0 amide bonds. The quantitative estimate of drug-likeness (QED) is 0.649. The maximum absolute atomic E-state index is 6.02. The molecule has 21 heavy (non-hydrogen) atoms. The molecule has 2 aromatic carbocycles. The fourth-order valence-corrected chi connectivity index (χ4v) is 3.18. The Kier molecular flexibility index (Phi) is 3.96. The Hall–Kier alpha value is -1.45. The maximum Gasteiger partial charge on any atom is 0.0556 e. The molecule has 3 rings (SSSR count). The first-order chi connectivity index (χ1) is 10.1. The number of anilines is 1. The molecular weight excluding hydrogens is 348 g/mol. The summed E-state index contributed by atoms with van der Waals surface area (Å²) in [5, 5.41) is 5.50. The van der Waals surface area contributed by atoms with Crippen molar-refractivity contribution in [3.05, 3.63) is 63.2 Å². The zero-order chi connectivity index (χ0) is 15.0. The van der Waals surface area contributed by atoms with Gasteiger partial charge in [0.15, 0.2) is 0 Å². The summed E-state index contributed by atoms with van der Waals surface area (Å²) < 4.78 is 3.16. The Morgan fingerprint density at radius 3 is 2.67 bits per heavy atom. The van der Waals surface area contributed by atoms with Gasteiger partial charge in [-0.25, -0.2) is 0 Å². The third kappa shape index (κ3) is 2.68. The van der Waals surface area contributed by atoms with E-state index >= 15 is 0 Å². The van der Waals surface area contributed by atoms with Crippen LogP contribution in [0.2, 0.25) is 5.02 Å². The van der Waals surface area contributed by atoms with Crippen molar-refractivity contribution in [3.63, 3.8) is 0 Å². The van der Waals surface area contributed by atoms with Gasteiger partial charge in [0.25, 0.3) is 0 Å². The molecule has 0 spiro atoms. The van der Waals surface area contributed by atoms with Crippen molar-refractivity contribution in [3.8, 4) is 0 Å². The molecule has 0 atom stereocenters. The molecule has 0 aliphatic heterocycles. The average Bonchev–Trinajstić information content (AvgIpc) is 2.73. The molecular formula is C17H16BrClN2. The van der Waals surface area contributed by atoms with E-state index in [0.717, 1.165) is 21.7 Å². The molecule has 0 aliphatic rings. The monoisotopic (exact) mass is 362 g/mol. The van der Waals surface area contributed by atoms with Gasteiger partial charge in [-0.1, -0.05) is 29.8 Å². The van der Waals surface area contributed by atoms with Crippen LogP contribution in [-0.2, 0) is 13.6 Å². The van der Waals surface area contributed by atoms with Crippen LogP contribution >= 0.6 is 27.5 Å². The predicted molar refractivity (Wildman–Crippen MR) is 94.1 cm³/mol. The Balaban J connectivity index is 1.90. The van der Waals surface area contributed by atoms with Crippen LogP contribution in [0.15, 0.2) is 46.9 Å². The molecule has 1 N–H and O–H groups in total. The summed E-state index contributed by atoms with van der Waals surface area (Å²) in [6, 6.07) is 14.4. The van der Waals surface area contributed by atoms with Crippen LogP contribution in [0.3, 0.4) is 0 Å². The van der Waals surface area contributed by atoms with Crippen molar-refractivity contribution in [2.24, 2.45) is 7.05 Å². The summed E-state index contributed by atoms with van der Waals surface area (Å²) in [5.74, 6) is 0. The van der Waals surface area contributed by atoms with Crippen LogP contribution in [0.4, 0.5) is 5.69 Å². The summed E-state index contributed by atoms with van der Waals surface area (Å²) in [5.41, 5.74) is 4.94. The van der Waals surface area contributed by atoms with Gasteiger partial charge in [0.1, 0.15) is 0 Å². The molecule has 3 aromatic rings. The summed E-state index contributed by atoms with van der Waals surface area (Å²) >= 11 is 9.48. The minimum atomic E-state index is 0.723. The van der Waals surface area contributed by atoms with Crippen molar-refractivity contribution in [1.29, 1.82) is 0 Å². The van der Waals surface area contributed by atoms with Gasteiger partial charge in [0.2, 0.25) is 0 Å². The lowest BCUT2D eigenvalue weighted by molar-refractivity contribution is 0.862. The highest BCUT2D eigenvalue weighted by atomic mass is 79.9. The Labute approximate surface area is 137 Å². The molecule has 2 nitrogen and oxygen atoms in total. The highest BCUT2D eigenvalue weighted by Crippen LogP contribution is 2.27. The maximum atomic E-state index is 6.02. The zero-order valence-corrected chi connectivity index (χ0v) is 14.3. The van der Waals surface area contributed by atoms with Gasteiger partial charge in [-0.15, -0.1) is 0 Å². The molecule has 0 radical (unpaired) electrons. The highest BCUT2D eigenvalue weighted by Gasteiger charge is 2.10. The summed E-state index contributed by atoms with van der Waals surface area (Å²) in [6.45, 7) is 2.96. The zero-order valence-electron chi connectivity index (χ0n) is 12.0. The van der Waals surface area contributed by atoms with E-state index in [0.29, 0.717) is 0 Å². The molecule has 0 bridgehead atoms. The first-order valence-corrected chi connectivity index (χ1v) is 7.97. The molecule has 0 saturated carbocycles. The summed E-state index contributed by atoms with van der Waals surface area (Å²) in [4.78, 5) is 0. The fourth-order valence-electron chi connectivity index (χ4n) is 2.68. The van der Waals surface area contributed by atoms with Crippen molar-refractivity contribution in [2.75, 3.05) is 5.32 Å². The number of aryl methyl sites for hydroxylation is 2. The average molecular weight is 364 g/mol. The lowest BCUT2D eigenvalue weighted by Gasteiger charge is -2.10. The number of hydrogen-bond donors (Lipinski definition) is 1. The van der Waals surface area contributed by atoms with E-state index in [2.05, 4.69) is 64.1 Å². The van der Waals surface area contributed by atoms with E-state index in [-0.39, 0.29) is 0 Å². The van der Waals surface area contributed by atoms with Crippen LogP contribution in [0, 0.1) is 6.92 Å². The lowest BCUT2D eigenvalue weighted by Crippen LogP contribution is -2.05. The van der Waals surface area contributed by atoms with Crippen LogP contribution in [0.1, 0.15) is 11.3 Å². The predicted octanol–water partition coefficient (Wildman–Crippen LogP) is 5.51. The van der Waals surface area contributed by atoms with Crippen LogP contribution in [-0.4, -0.2) is 4.57 Å². The third-order valence-corrected chi connectivity index (χ3v) is 5.10. The SMILES string of the molecule is Cc1c(CNc2ccc(Cl)c(Br)c2)n(C)c2ccccc12. The second kappa shape index (κ2) is 5.74. The van der Waals surface area contributed by atoms with E-state index < -0.39 is 0 Å². The number of nitrogens with zero attached hydrogens (tertiary/aromatic N) is 1. The number of benzene rings is 2. The van der Waals surface area contributed by atoms with Gasteiger partial charge in [0, 0.05) is 33.8 Å². The number of rotatable bonds is 3. The van der Waals surface area contributed by atoms with E-state index in [4.69, 9.17) is 11.6 Å². The van der Waals surface area contributed by atoms with E-state index in [1.165, 1.54) is 22.2 Å². The van der Waals surface area contributed by atoms with Crippen molar-refractivity contribution >= 4 is 44.1 Å². The number of para-hydroxylation sites is 1. The summed E-state index contributed by atoms with van der Waals surface area (Å²) in [7, 11) is 2.12. The van der Waals surface area contributed by atoms with Crippen LogP contribution < -0.4 is 5.32 Å². The second-order valence-corrected chi connectivity index (χ2v) is 6.39. The van der Waals surface area contributed by atoms with Gasteiger partial charge < -0.3 is 9.88 Å². The van der Waals surface area contributed by atoms with Crippen LogP contribution in [0.5, 0.6) is 0 Å². The number of halogens is 2. The lowest BCUT2D eigenvalue weighted by atomic mass is 10.1. The molecule has 0 aliphatic carbocycles. The van der Waals surface area contributed by atoms with E-state index in [9.17, 15) is 0 Å². The number of aromatic nitrogens is 1. The van der Waals surface area contributed by atoms with Gasteiger partial charge in [-0.2, -0.15) is 0 Å². The molecule has 1 heterocycles. The highest BCUT2D eigenvalue weighted by molar-refractivity contribution is 9.10. The van der Waals surface area contributed by atoms with Crippen molar-refractivity contribution in [2.45, 2.75) is 13.5 Å². The smallest absolute Gasteiger partial charge is 0.0556 e. The Morgan fingerprint density at radius 2 is 1.95 bits per heavy atom. The number of fused-ring (bicyclic) bond motifs is 1. The first kappa shape index (κ1) is 14.5. The third-order valence-electron chi connectivity index (χ3n) is 3.89. The van der Waals surface area contributed by atoms with Gasteiger partial charge in [0.05, 0.1) is 11.6 Å². The topological polar surface area (TPSA) is 17.0 Å². The van der Waals surface area contributed by atoms with Crippen LogP contribution in [0.25, 0.3) is 10.9 Å². The second-order valence-electron chi connectivity index (χ2n) is 5.13. The van der Waals surface area contributed by atoms with E-state index in [1.807, 2.05) is 18.2 Å². The molecule has 108 valence electrons. The minimum Gasteiger partial charge on any atom is -0.379 e. The van der Waals surface area contributed by atoms with Gasteiger partial charge >= 0.3 is 0 Å². The Bertz CT molecular complexity index is 769. The molecule has 4 heteroatoms. The Morgan fingerprint density at radius 1 is 1.19 bits per heavy atom. The standard InChI is InChI=1S/C17H16BrClN2/c1-11-13-5-3-4-6-16(13)21(2)17(11)10-20-12-7-8-15(19)14(18)9-12/h3-9,20H,10H2,1-2H3. The summed E-state index contributed by atoms with van der Waals surface area (Å²) in [6.07, 6.45) is 0. The molecule has 0 fully saturated rings. The molecule has 0 unspecified atom stereocenters.